The predicted octanol–water partition coefficient (Wildman–Crippen LogP) is 1.80. The Morgan fingerprint density at radius 3 is 2.68 bits per heavy atom. The van der Waals surface area contributed by atoms with Crippen LogP contribution in [0.2, 0.25) is 0 Å². The Morgan fingerprint density at radius 1 is 1.26 bits per heavy atom. The smallest absolute Gasteiger partial charge is 0.252 e. The minimum atomic E-state index is 0.0138. The number of carbonyl (C=O) groups is 1. The lowest BCUT2D eigenvalue weighted by Gasteiger charge is -2.20. The van der Waals surface area contributed by atoms with Gasteiger partial charge in [-0.05, 0) is 37.2 Å². The lowest BCUT2D eigenvalue weighted by Crippen LogP contribution is -2.32. The van der Waals surface area contributed by atoms with Gasteiger partial charge in [0.1, 0.15) is 0 Å². The monoisotopic (exact) mass is 260 g/mol. The van der Waals surface area contributed by atoms with Crippen LogP contribution in [0, 0.1) is 11.8 Å². The molecule has 0 saturated heterocycles. The van der Waals surface area contributed by atoms with Crippen molar-refractivity contribution in [3.63, 3.8) is 0 Å². The summed E-state index contributed by atoms with van der Waals surface area (Å²) < 4.78 is 1.82. The summed E-state index contributed by atoms with van der Waals surface area (Å²) in [6.07, 6.45) is 6.17. The van der Waals surface area contributed by atoms with E-state index in [0.29, 0.717) is 5.92 Å². The molecule has 1 aliphatic heterocycles. The van der Waals surface area contributed by atoms with E-state index in [1.807, 2.05) is 17.7 Å². The van der Waals surface area contributed by atoms with Crippen LogP contribution in [0.4, 0.5) is 5.69 Å². The van der Waals surface area contributed by atoms with Crippen molar-refractivity contribution >= 4 is 11.6 Å². The Balaban J connectivity index is 2.00. The highest BCUT2D eigenvalue weighted by Gasteiger charge is 2.27. The fraction of sp³-hybridized carbons (Fsp3) is 0.600. The second kappa shape index (κ2) is 4.51. The molecule has 1 unspecified atom stereocenters. The molecule has 3 rings (SSSR count). The maximum Gasteiger partial charge on any atom is 0.252 e. The van der Waals surface area contributed by atoms with E-state index in [4.69, 9.17) is 0 Å². The van der Waals surface area contributed by atoms with Crippen molar-refractivity contribution in [1.82, 2.24) is 4.57 Å². The lowest BCUT2D eigenvalue weighted by atomic mass is 10.0. The van der Waals surface area contributed by atoms with Crippen LogP contribution in [0.1, 0.15) is 31.7 Å². The van der Waals surface area contributed by atoms with Gasteiger partial charge in [-0.3, -0.25) is 9.59 Å². The third kappa shape index (κ3) is 2.31. The van der Waals surface area contributed by atoms with Gasteiger partial charge in [0.25, 0.3) is 5.56 Å². The van der Waals surface area contributed by atoms with Crippen LogP contribution in [0.15, 0.2) is 17.1 Å². The van der Waals surface area contributed by atoms with Crippen molar-refractivity contribution in [2.45, 2.75) is 39.2 Å². The van der Waals surface area contributed by atoms with Crippen LogP contribution in [0.25, 0.3) is 0 Å². The van der Waals surface area contributed by atoms with Crippen LogP contribution in [0.5, 0.6) is 0 Å². The van der Waals surface area contributed by atoms with Crippen molar-refractivity contribution < 1.29 is 4.79 Å². The number of hydrogen-bond donors (Lipinski definition) is 0. The molecule has 19 heavy (non-hydrogen) atoms. The Labute approximate surface area is 113 Å². The van der Waals surface area contributed by atoms with Gasteiger partial charge in [0.2, 0.25) is 5.91 Å². The summed E-state index contributed by atoms with van der Waals surface area (Å²) in [4.78, 5) is 25.9. The van der Waals surface area contributed by atoms with Crippen LogP contribution in [-0.2, 0) is 17.8 Å². The van der Waals surface area contributed by atoms with Gasteiger partial charge in [0.15, 0.2) is 0 Å². The topological polar surface area (TPSA) is 42.3 Å². The van der Waals surface area contributed by atoms with Gasteiger partial charge < -0.3 is 9.47 Å². The van der Waals surface area contributed by atoms with E-state index >= 15 is 0 Å². The van der Waals surface area contributed by atoms with Gasteiger partial charge in [-0.25, -0.2) is 0 Å². The molecule has 0 bridgehead atoms. The van der Waals surface area contributed by atoms with E-state index in [2.05, 4.69) is 0 Å². The highest BCUT2D eigenvalue weighted by atomic mass is 16.2. The van der Waals surface area contributed by atoms with Crippen LogP contribution in [0.3, 0.4) is 0 Å². The zero-order valence-electron chi connectivity index (χ0n) is 11.6. The maximum atomic E-state index is 12.1. The zero-order chi connectivity index (χ0) is 13.6. The Morgan fingerprint density at radius 2 is 2.00 bits per heavy atom. The number of hydrogen-bond acceptors (Lipinski definition) is 2. The van der Waals surface area contributed by atoms with Gasteiger partial charge in [-0.1, -0.05) is 6.92 Å². The first kappa shape index (κ1) is 12.5. The van der Waals surface area contributed by atoms with E-state index in [0.717, 1.165) is 30.6 Å². The van der Waals surface area contributed by atoms with Crippen molar-refractivity contribution in [2.75, 3.05) is 11.9 Å². The average molecular weight is 260 g/mol. The van der Waals surface area contributed by atoms with Gasteiger partial charge in [-0.15, -0.1) is 0 Å². The average Bonchev–Trinajstić information content (AvgIpc) is 3.20. The van der Waals surface area contributed by atoms with Crippen molar-refractivity contribution in [1.29, 1.82) is 0 Å². The quantitative estimate of drug-likeness (QED) is 0.813. The molecule has 4 nitrogen and oxygen atoms in total. The molecular weight excluding hydrogens is 240 g/mol. The van der Waals surface area contributed by atoms with Crippen LogP contribution in [-0.4, -0.2) is 17.5 Å². The third-order valence-electron chi connectivity index (χ3n) is 4.30. The number of fused-ring (bicyclic) bond motifs is 1. The summed E-state index contributed by atoms with van der Waals surface area (Å²) in [5.74, 6) is 0.822. The molecule has 2 aliphatic rings. The highest BCUT2D eigenvalue weighted by molar-refractivity contribution is 5.95. The Bertz CT molecular complexity index is 572. The van der Waals surface area contributed by atoms with Crippen molar-refractivity contribution in [2.24, 2.45) is 11.8 Å². The van der Waals surface area contributed by atoms with Crippen molar-refractivity contribution in [3.8, 4) is 0 Å². The zero-order valence-corrected chi connectivity index (χ0v) is 11.6. The number of aromatic nitrogens is 1. The summed E-state index contributed by atoms with van der Waals surface area (Å²) in [5, 5.41) is 0. The molecule has 4 heteroatoms. The number of rotatable bonds is 2. The summed E-state index contributed by atoms with van der Waals surface area (Å²) >= 11 is 0. The third-order valence-corrected chi connectivity index (χ3v) is 4.30. The molecule has 1 aromatic heterocycles. The molecule has 0 radical (unpaired) electrons. The molecule has 1 aliphatic carbocycles. The summed E-state index contributed by atoms with van der Waals surface area (Å²) in [6.45, 7) is 2.79. The predicted molar refractivity (Wildman–Crippen MR) is 74.3 cm³/mol. The lowest BCUT2D eigenvalue weighted by molar-refractivity contribution is -0.121. The van der Waals surface area contributed by atoms with Crippen molar-refractivity contribution in [3.05, 3.63) is 28.2 Å². The molecule has 0 spiro atoms. The Kier molecular flexibility index (Phi) is 2.96. The standard InChI is InChI=1S/C15H20N2O2/c1-10-3-6-12-9-17(8-11-4-5-11)14(18)7-13(12)16(2)15(10)19/h7,9-11H,3-6,8H2,1-2H3. The molecule has 1 saturated carbocycles. The van der Waals surface area contributed by atoms with Gasteiger partial charge in [-0.2, -0.15) is 0 Å². The number of anilines is 1. The number of amides is 1. The summed E-state index contributed by atoms with van der Waals surface area (Å²) in [5.41, 5.74) is 1.94. The van der Waals surface area contributed by atoms with Crippen LogP contribution < -0.4 is 10.5 Å². The van der Waals surface area contributed by atoms with E-state index in [-0.39, 0.29) is 17.4 Å². The van der Waals surface area contributed by atoms with E-state index in [9.17, 15) is 9.59 Å². The fourth-order valence-corrected chi connectivity index (χ4v) is 2.78. The number of pyridine rings is 1. The van der Waals surface area contributed by atoms with E-state index in [1.165, 1.54) is 12.8 Å². The number of nitrogens with zero attached hydrogens (tertiary/aromatic N) is 2. The van der Waals surface area contributed by atoms with E-state index < -0.39 is 0 Å². The first-order valence-corrected chi connectivity index (χ1v) is 7.07. The van der Waals surface area contributed by atoms with Gasteiger partial charge in [0, 0.05) is 31.8 Å². The minimum Gasteiger partial charge on any atom is -0.315 e. The first-order valence-electron chi connectivity index (χ1n) is 7.07. The molecule has 1 atom stereocenters. The molecule has 1 aromatic rings. The molecule has 1 fully saturated rings. The normalized spacial score (nSPS) is 23.2. The van der Waals surface area contributed by atoms with Crippen LogP contribution >= 0.6 is 0 Å². The number of aryl methyl sites for hydroxylation is 1. The molecule has 0 N–H and O–H groups in total. The summed E-state index contributed by atoms with van der Waals surface area (Å²) in [7, 11) is 1.77. The SMILES string of the molecule is CC1CCc2cn(CC3CC3)c(=O)cc2N(C)C1=O. The summed E-state index contributed by atoms with van der Waals surface area (Å²) in [6, 6.07) is 1.63. The largest absolute Gasteiger partial charge is 0.315 e. The fourth-order valence-electron chi connectivity index (χ4n) is 2.78. The second-order valence-electron chi connectivity index (χ2n) is 5.95. The van der Waals surface area contributed by atoms with Gasteiger partial charge >= 0.3 is 0 Å². The molecular formula is C15H20N2O2. The highest BCUT2D eigenvalue weighted by Crippen LogP contribution is 2.31. The minimum absolute atomic E-state index is 0.0138. The molecule has 0 aromatic carbocycles. The molecule has 2 heterocycles. The maximum absolute atomic E-state index is 12.1. The first-order chi connectivity index (χ1) is 9.06. The number of carbonyl (C=O) groups excluding carboxylic acids is 1. The molecule has 102 valence electrons. The van der Waals surface area contributed by atoms with Gasteiger partial charge in [0.05, 0.1) is 5.69 Å². The Hall–Kier alpha value is -1.58. The second-order valence-corrected chi connectivity index (χ2v) is 5.95. The molecule has 1 amide bonds. The van der Waals surface area contributed by atoms with E-state index in [1.54, 1.807) is 18.0 Å².